The third-order valence-electron chi connectivity index (χ3n) is 10.4. The van der Waals surface area contributed by atoms with E-state index in [4.69, 9.17) is 9.47 Å². The topological polar surface area (TPSA) is 21.7 Å². The Hall–Kier alpha value is -0.120. The number of piperidine rings is 2. The first-order valence-corrected chi connectivity index (χ1v) is 13.6. The lowest BCUT2D eigenvalue weighted by Gasteiger charge is -2.58. The Morgan fingerprint density at radius 3 is 1.80 bits per heavy atom. The fourth-order valence-corrected chi connectivity index (χ4v) is 8.81. The summed E-state index contributed by atoms with van der Waals surface area (Å²) in [6, 6.07) is 1.71. The Morgan fingerprint density at radius 1 is 0.533 bits per heavy atom. The maximum absolute atomic E-state index is 5.97. The van der Waals surface area contributed by atoms with E-state index < -0.39 is 0 Å². The molecule has 0 aromatic rings. The lowest BCUT2D eigenvalue weighted by Crippen LogP contribution is -2.62. The molecule has 5 rings (SSSR count). The van der Waals surface area contributed by atoms with Crippen molar-refractivity contribution in [3.8, 4) is 0 Å². The quantitative estimate of drug-likeness (QED) is 0.555. The smallest absolute Gasteiger partial charge is 0.0836 e. The molecule has 3 saturated carbocycles. The van der Waals surface area contributed by atoms with Crippen molar-refractivity contribution in [1.29, 1.82) is 0 Å². The normalized spacial score (nSPS) is 44.4. The van der Waals surface area contributed by atoms with Gasteiger partial charge in [-0.25, -0.2) is 0 Å². The molecule has 0 aromatic carbocycles. The highest BCUT2D eigenvalue weighted by Crippen LogP contribution is 2.51. The van der Waals surface area contributed by atoms with Crippen molar-refractivity contribution in [1.82, 2.24) is 4.90 Å². The molecule has 2 heterocycles. The highest BCUT2D eigenvalue weighted by atomic mass is 16.5. The minimum absolute atomic E-state index is 0.305. The molecule has 0 amide bonds. The molecule has 3 nitrogen and oxygen atoms in total. The molecule has 7 unspecified atom stereocenters. The van der Waals surface area contributed by atoms with Crippen molar-refractivity contribution in [2.45, 2.75) is 121 Å². The third kappa shape index (κ3) is 4.25. The average Bonchev–Trinajstić information content (AvgIpc) is 2.83. The molecule has 30 heavy (non-hydrogen) atoms. The van der Waals surface area contributed by atoms with Gasteiger partial charge in [0, 0.05) is 26.3 Å². The molecule has 7 atom stereocenters. The molecule has 3 aliphatic carbocycles. The molecule has 0 N–H and O–H groups in total. The molecule has 2 aliphatic heterocycles. The second kappa shape index (κ2) is 9.79. The van der Waals surface area contributed by atoms with Gasteiger partial charge in [-0.1, -0.05) is 51.4 Å². The van der Waals surface area contributed by atoms with Crippen molar-refractivity contribution in [3.63, 3.8) is 0 Å². The standard InChI is InChI=1S/C27H47NO2/c1-29-26-17-21-13-14-28-24(20-11-7-4-8-12-20)15-22(19-9-5-3-6-10-19)16-25(28)23(21)18-27(26)30-2/h19-27H,3-18H2,1-2H3. The van der Waals surface area contributed by atoms with Crippen molar-refractivity contribution in [2.24, 2.45) is 29.6 Å². The number of methoxy groups -OCH3 is 2. The van der Waals surface area contributed by atoms with Gasteiger partial charge in [0.05, 0.1) is 12.2 Å². The first-order chi connectivity index (χ1) is 14.8. The molecule has 2 saturated heterocycles. The van der Waals surface area contributed by atoms with Gasteiger partial charge >= 0.3 is 0 Å². The minimum atomic E-state index is 0.305. The molecular formula is C27H47NO2. The van der Waals surface area contributed by atoms with Crippen molar-refractivity contribution < 1.29 is 9.47 Å². The summed E-state index contributed by atoms with van der Waals surface area (Å²) in [5.74, 6) is 4.71. The zero-order chi connectivity index (χ0) is 20.5. The van der Waals surface area contributed by atoms with Crippen LogP contribution >= 0.6 is 0 Å². The third-order valence-corrected chi connectivity index (χ3v) is 10.4. The summed E-state index contributed by atoms with van der Waals surface area (Å²) in [4.78, 5) is 3.08. The van der Waals surface area contributed by atoms with Crippen LogP contribution in [0.1, 0.15) is 96.3 Å². The molecule has 0 bridgehead atoms. The molecule has 172 valence electrons. The van der Waals surface area contributed by atoms with E-state index in [2.05, 4.69) is 4.90 Å². The maximum atomic E-state index is 5.97. The number of rotatable bonds is 4. The predicted molar refractivity (Wildman–Crippen MR) is 123 cm³/mol. The van der Waals surface area contributed by atoms with Gasteiger partial charge in [0.15, 0.2) is 0 Å². The summed E-state index contributed by atoms with van der Waals surface area (Å²) in [6.45, 7) is 1.36. The summed E-state index contributed by atoms with van der Waals surface area (Å²) in [5, 5.41) is 0. The maximum Gasteiger partial charge on any atom is 0.0836 e. The van der Waals surface area contributed by atoms with Crippen LogP contribution in [-0.4, -0.2) is 50.0 Å². The van der Waals surface area contributed by atoms with E-state index in [0.29, 0.717) is 12.2 Å². The Kier molecular flexibility index (Phi) is 7.09. The highest BCUT2D eigenvalue weighted by molar-refractivity contribution is 5.03. The monoisotopic (exact) mass is 417 g/mol. The van der Waals surface area contributed by atoms with Gasteiger partial charge in [-0.3, -0.25) is 4.90 Å². The van der Waals surface area contributed by atoms with E-state index in [9.17, 15) is 0 Å². The fraction of sp³-hybridized carbons (Fsp3) is 1.00. The van der Waals surface area contributed by atoms with Crippen molar-refractivity contribution in [3.05, 3.63) is 0 Å². The van der Waals surface area contributed by atoms with Gasteiger partial charge in [-0.2, -0.15) is 0 Å². The second-order valence-corrected chi connectivity index (χ2v) is 11.6. The first-order valence-electron chi connectivity index (χ1n) is 13.6. The number of ether oxygens (including phenoxy) is 2. The zero-order valence-corrected chi connectivity index (χ0v) is 19.8. The Labute approximate surface area is 185 Å². The van der Waals surface area contributed by atoms with Crippen LogP contribution in [0.3, 0.4) is 0 Å². The lowest BCUT2D eigenvalue weighted by molar-refractivity contribution is -0.137. The number of fused-ring (bicyclic) bond motifs is 3. The predicted octanol–water partition coefficient (Wildman–Crippen LogP) is 6.06. The van der Waals surface area contributed by atoms with Gasteiger partial charge in [0.2, 0.25) is 0 Å². The van der Waals surface area contributed by atoms with E-state index >= 15 is 0 Å². The Morgan fingerprint density at radius 2 is 1.13 bits per heavy atom. The van der Waals surface area contributed by atoms with E-state index in [1.165, 1.54) is 103 Å². The van der Waals surface area contributed by atoms with Crippen LogP contribution < -0.4 is 0 Å². The second-order valence-electron chi connectivity index (χ2n) is 11.6. The fourth-order valence-electron chi connectivity index (χ4n) is 8.81. The summed E-state index contributed by atoms with van der Waals surface area (Å²) >= 11 is 0. The number of hydrogen-bond acceptors (Lipinski definition) is 3. The molecule has 3 heteroatoms. The van der Waals surface area contributed by atoms with Crippen LogP contribution in [0.5, 0.6) is 0 Å². The zero-order valence-electron chi connectivity index (χ0n) is 19.8. The van der Waals surface area contributed by atoms with Gasteiger partial charge in [0.1, 0.15) is 0 Å². The van der Waals surface area contributed by atoms with Crippen LogP contribution in [0, 0.1) is 29.6 Å². The number of nitrogens with zero attached hydrogens (tertiary/aromatic N) is 1. The van der Waals surface area contributed by atoms with Crippen LogP contribution in [-0.2, 0) is 9.47 Å². The van der Waals surface area contributed by atoms with E-state index in [1.54, 1.807) is 0 Å². The van der Waals surface area contributed by atoms with Crippen LogP contribution in [0.2, 0.25) is 0 Å². The molecular weight excluding hydrogens is 370 g/mol. The number of hydrogen-bond donors (Lipinski definition) is 0. The van der Waals surface area contributed by atoms with Gasteiger partial charge < -0.3 is 9.47 Å². The van der Waals surface area contributed by atoms with Gasteiger partial charge in [0.25, 0.3) is 0 Å². The Balaban J connectivity index is 1.38. The first kappa shape index (κ1) is 21.7. The molecule has 5 aliphatic rings. The minimum Gasteiger partial charge on any atom is -0.379 e. The van der Waals surface area contributed by atoms with Crippen molar-refractivity contribution in [2.75, 3.05) is 20.8 Å². The average molecular weight is 418 g/mol. The van der Waals surface area contributed by atoms with E-state index in [1.807, 2.05) is 14.2 Å². The van der Waals surface area contributed by atoms with Gasteiger partial charge in [-0.15, -0.1) is 0 Å². The lowest BCUT2D eigenvalue weighted by atomic mass is 9.61. The molecule has 0 radical (unpaired) electrons. The van der Waals surface area contributed by atoms with Crippen LogP contribution in [0.15, 0.2) is 0 Å². The van der Waals surface area contributed by atoms with Gasteiger partial charge in [-0.05, 0) is 81.1 Å². The van der Waals surface area contributed by atoms with E-state index in [0.717, 1.165) is 41.7 Å². The highest BCUT2D eigenvalue weighted by Gasteiger charge is 2.51. The largest absolute Gasteiger partial charge is 0.379 e. The van der Waals surface area contributed by atoms with Crippen molar-refractivity contribution >= 4 is 0 Å². The van der Waals surface area contributed by atoms with Crippen LogP contribution in [0.4, 0.5) is 0 Å². The van der Waals surface area contributed by atoms with Crippen LogP contribution in [0.25, 0.3) is 0 Å². The van der Waals surface area contributed by atoms with E-state index in [-0.39, 0.29) is 0 Å². The Bertz CT molecular complexity index is 539. The molecule has 0 spiro atoms. The molecule has 0 aromatic heterocycles. The summed E-state index contributed by atoms with van der Waals surface area (Å²) in [6.07, 6.45) is 22.5. The summed E-state index contributed by atoms with van der Waals surface area (Å²) in [7, 11) is 3.80. The molecule has 5 fully saturated rings. The summed E-state index contributed by atoms with van der Waals surface area (Å²) in [5.41, 5.74) is 0. The summed E-state index contributed by atoms with van der Waals surface area (Å²) < 4.78 is 11.8. The SMILES string of the molecule is COC1CC2CCN3C(C4CCCCC4)CC(C4CCCCC4)CC3C2CC1OC.